The Hall–Kier alpha value is -3.48. The van der Waals surface area contributed by atoms with Gasteiger partial charge in [0.05, 0.1) is 35.7 Å². The first kappa shape index (κ1) is 17.9. The second-order valence-electron chi connectivity index (χ2n) is 7.10. The van der Waals surface area contributed by atoms with Gasteiger partial charge in [0.2, 0.25) is 0 Å². The van der Waals surface area contributed by atoms with Crippen molar-refractivity contribution in [2.24, 2.45) is 0 Å². The van der Waals surface area contributed by atoms with Crippen LogP contribution in [0.4, 0.5) is 0 Å². The lowest BCUT2D eigenvalue weighted by atomic mass is 10.1. The highest BCUT2D eigenvalue weighted by atomic mass is 16.1. The molecule has 7 nitrogen and oxygen atoms in total. The predicted molar refractivity (Wildman–Crippen MR) is 107 cm³/mol. The van der Waals surface area contributed by atoms with E-state index < -0.39 is 0 Å². The Kier molecular flexibility index (Phi) is 4.65. The third kappa shape index (κ3) is 3.38. The summed E-state index contributed by atoms with van der Waals surface area (Å²) < 4.78 is 3.63. The van der Waals surface area contributed by atoms with Gasteiger partial charge in [-0.3, -0.25) is 9.48 Å². The number of hydrogen-bond acceptors (Lipinski definition) is 4. The fourth-order valence-electron chi connectivity index (χ4n) is 3.22. The molecule has 0 unspecified atom stereocenters. The molecule has 4 aromatic rings. The van der Waals surface area contributed by atoms with Crippen LogP contribution in [0.3, 0.4) is 0 Å². The Bertz CT molecular complexity index is 1140. The number of aryl methyl sites for hydroxylation is 1. The maximum Gasteiger partial charge on any atom is 0.252 e. The van der Waals surface area contributed by atoms with Gasteiger partial charge >= 0.3 is 0 Å². The highest BCUT2D eigenvalue weighted by molar-refractivity contribution is 6.06. The van der Waals surface area contributed by atoms with Gasteiger partial charge in [-0.05, 0) is 50.6 Å². The fraction of sp³-hybridized carbons (Fsp3) is 0.238. The van der Waals surface area contributed by atoms with E-state index in [9.17, 15) is 4.79 Å². The number of carbonyl (C=O) groups is 1. The third-order valence-electron chi connectivity index (χ3n) is 4.61. The van der Waals surface area contributed by atoms with E-state index in [1.165, 1.54) is 0 Å². The Morgan fingerprint density at radius 3 is 2.79 bits per heavy atom. The summed E-state index contributed by atoms with van der Waals surface area (Å²) >= 11 is 0. The van der Waals surface area contributed by atoms with E-state index in [0.717, 1.165) is 22.2 Å². The van der Waals surface area contributed by atoms with Gasteiger partial charge in [-0.25, -0.2) is 4.68 Å². The van der Waals surface area contributed by atoms with Crippen molar-refractivity contribution in [3.05, 3.63) is 71.7 Å². The summed E-state index contributed by atoms with van der Waals surface area (Å²) in [5.74, 6) is -0.154. The van der Waals surface area contributed by atoms with Crippen molar-refractivity contribution in [2.45, 2.75) is 33.4 Å². The quantitative estimate of drug-likeness (QED) is 0.580. The molecule has 0 aliphatic heterocycles. The Labute approximate surface area is 163 Å². The smallest absolute Gasteiger partial charge is 0.252 e. The van der Waals surface area contributed by atoms with Crippen molar-refractivity contribution in [2.75, 3.05) is 0 Å². The zero-order valence-electron chi connectivity index (χ0n) is 16.1. The lowest BCUT2D eigenvalue weighted by Crippen LogP contribution is -2.23. The fourth-order valence-corrected chi connectivity index (χ4v) is 3.22. The van der Waals surface area contributed by atoms with E-state index in [0.29, 0.717) is 17.8 Å². The number of hydrogen-bond donors (Lipinski definition) is 1. The van der Waals surface area contributed by atoms with Crippen molar-refractivity contribution >= 4 is 16.8 Å². The van der Waals surface area contributed by atoms with Gasteiger partial charge in [0, 0.05) is 11.4 Å². The first-order valence-corrected chi connectivity index (χ1v) is 9.25. The number of carbonyl (C=O) groups excluding carboxylic acids is 1. The first-order valence-electron chi connectivity index (χ1n) is 9.25. The second kappa shape index (κ2) is 7.26. The van der Waals surface area contributed by atoms with Crippen molar-refractivity contribution in [3.63, 3.8) is 0 Å². The molecule has 0 aliphatic carbocycles. The van der Waals surface area contributed by atoms with Crippen LogP contribution in [0.25, 0.3) is 16.6 Å². The van der Waals surface area contributed by atoms with E-state index in [1.807, 2.05) is 60.3 Å². The molecule has 142 valence electrons. The molecule has 28 heavy (non-hydrogen) atoms. The summed E-state index contributed by atoms with van der Waals surface area (Å²) in [6.45, 7) is 6.47. The zero-order valence-corrected chi connectivity index (χ0v) is 16.1. The van der Waals surface area contributed by atoms with E-state index >= 15 is 0 Å². The molecule has 0 bridgehead atoms. The zero-order chi connectivity index (χ0) is 19.7. The van der Waals surface area contributed by atoms with Crippen LogP contribution in [0.2, 0.25) is 0 Å². The number of nitrogens with zero attached hydrogens (tertiary/aromatic N) is 5. The first-order chi connectivity index (χ1) is 13.5. The maximum atomic E-state index is 12.7. The SMILES string of the molecule is Cc1cccc(-n2cc(CNC(=O)c3cccc4c3cnn4C(C)C)nn2)c1. The van der Waals surface area contributed by atoms with Crippen LogP contribution in [-0.4, -0.2) is 30.7 Å². The Morgan fingerprint density at radius 2 is 2.00 bits per heavy atom. The molecule has 0 aliphatic rings. The normalized spacial score (nSPS) is 11.3. The van der Waals surface area contributed by atoms with Crippen molar-refractivity contribution in [1.29, 1.82) is 0 Å². The Morgan fingerprint density at radius 1 is 1.18 bits per heavy atom. The van der Waals surface area contributed by atoms with E-state index in [1.54, 1.807) is 10.9 Å². The van der Waals surface area contributed by atoms with Crippen LogP contribution in [-0.2, 0) is 6.54 Å². The monoisotopic (exact) mass is 374 g/mol. The summed E-state index contributed by atoms with van der Waals surface area (Å²) in [6.07, 6.45) is 3.57. The largest absolute Gasteiger partial charge is 0.346 e. The maximum absolute atomic E-state index is 12.7. The van der Waals surface area contributed by atoms with E-state index in [4.69, 9.17) is 0 Å². The lowest BCUT2D eigenvalue weighted by Gasteiger charge is -2.08. The minimum Gasteiger partial charge on any atom is -0.346 e. The van der Waals surface area contributed by atoms with Crippen molar-refractivity contribution in [3.8, 4) is 5.69 Å². The van der Waals surface area contributed by atoms with Crippen LogP contribution in [0.15, 0.2) is 54.9 Å². The second-order valence-corrected chi connectivity index (χ2v) is 7.10. The molecule has 0 saturated heterocycles. The van der Waals surface area contributed by atoms with E-state index in [-0.39, 0.29) is 11.9 Å². The number of rotatable bonds is 5. The van der Waals surface area contributed by atoms with Crippen LogP contribution >= 0.6 is 0 Å². The summed E-state index contributed by atoms with van der Waals surface area (Å²) in [5, 5.41) is 16.5. The van der Waals surface area contributed by atoms with Gasteiger partial charge in [-0.1, -0.05) is 23.4 Å². The minimum absolute atomic E-state index is 0.154. The standard InChI is InChI=1S/C21H22N6O/c1-14(2)27-20-9-5-8-18(19(20)12-23-27)21(28)22-11-16-13-26(25-24-16)17-7-4-6-15(3)10-17/h4-10,12-14H,11H2,1-3H3,(H,22,28). The van der Waals surface area contributed by atoms with Crippen LogP contribution < -0.4 is 5.32 Å². The molecule has 0 radical (unpaired) electrons. The van der Waals surface area contributed by atoms with Gasteiger partial charge < -0.3 is 5.32 Å². The number of aromatic nitrogens is 5. The average Bonchev–Trinajstić information content (AvgIpc) is 3.33. The molecule has 0 fully saturated rings. The van der Waals surface area contributed by atoms with Gasteiger partial charge in [-0.2, -0.15) is 5.10 Å². The molecule has 2 heterocycles. The predicted octanol–water partition coefficient (Wildman–Crippen LogP) is 3.44. The van der Waals surface area contributed by atoms with Crippen LogP contribution in [0.1, 0.15) is 41.5 Å². The summed E-state index contributed by atoms with van der Waals surface area (Å²) in [4.78, 5) is 12.7. The van der Waals surface area contributed by atoms with Gasteiger partial charge in [0.15, 0.2) is 0 Å². The number of amides is 1. The van der Waals surface area contributed by atoms with E-state index in [2.05, 4.69) is 34.6 Å². The molecule has 2 aromatic carbocycles. The highest BCUT2D eigenvalue weighted by Gasteiger charge is 2.14. The molecule has 0 spiro atoms. The molecule has 0 atom stereocenters. The molecular weight excluding hydrogens is 352 g/mol. The molecule has 7 heteroatoms. The van der Waals surface area contributed by atoms with Crippen LogP contribution in [0.5, 0.6) is 0 Å². The van der Waals surface area contributed by atoms with Gasteiger partial charge in [0.25, 0.3) is 5.91 Å². The van der Waals surface area contributed by atoms with Crippen LogP contribution in [0, 0.1) is 6.92 Å². The summed E-state index contributed by atoms with van der Waals surface area (Å²) in [7, 11) is 0. The number of nitrogens with one attached hydrogen (secondary N) is 1. The topological polar surface area (TPSA) is 77.6 Å². The average molecular weight is 374 g/mol. The molecule has 1 N–H and O–H groups in total. The molecule has 2 aromatic heterocycles. The van der Waals surface area contributed by atoms with Crippen molar-refractivity contribution in [1.82, 2.24) is 30.1 Å². The molecule has 1 amide bonds. The Balaban J connectivity index is 1.50. The summed E-state index contributed by atoms with van der Waals surface area (Å²) in [5.41, 5.74) is 4.34. The third-order valence-corrected chi connectivity index (χ3v) is 4.61. The van der Waals surface area contributed by atoms with Gasteiger partial charge in [0.1, 0.15) is 5.69 Å². The number of benzene rings is 2. The number of fused-ring (bicyclic) bond motifs is 1. The minimum atomic E-state index is -0.154. The van der Waals surface area contributed by atoms with Crippen molar-refractivity contribution < 1.29 is 4.79 Å². The summed E-state index contributed by atoms with van der Waals surface area (Å²) in [6, 6.07) is 13.9. The van der Waals surface area contributed by atoms with Gasteiger partial charge in [-0.15, -0.1) is 5.10 Å². The lowest BCUT2D eigenvalue weighted by molar-refractivity contribution is 0.0952. The highest BCUT2D eigenvalue weighted by Crippen LogP contribution is 2.21. The molecular formula is C21H22N6O. The molecule has 4 rings (SSSR count). The molecule has 0 saturated carbocycles.